The van der Waals surface area contributed by atoms with E-state index >= 15 is 0 Å². The maximum atomic E-state index is 13.5. The fraction of sp³-hybridized carbons (Fsp3) is 0.391. The first kappa shape index (κ1) is 20.8. The molecule has 1 fully saturated rings. The van der Waals surface area contributed by atoms with Gasteiger partial charge >= 0.3 is 6.09 Å². The van der Waals surface area contributed by atoms with Gasteiger partial charge in [0.1, 0.15) is 11.6 Å². The van der Waals surface area contributed by atoms with E-state index in [0.717, 1.165) is 17.7 Å². The number of likely N-dealkylation sites (tertiary alicyclic amines) is 1. The molecule has 2 amide bonds. The minimum absolute atomic E-state index is 0.143. The number of hydrogen-bond acceptors (Lipinski definition) is 5. The van der Waals surface area contributed by atoms with Crippen LogP contribution >= 0.6 is 0 Å². The summed E-state index contributed by atoms with van der Waals surface area (Å²) in [4.78, 5) is 36.2. The number of alkyl carbamates (subject to hydrolysis) is 1. The lowest BCUT2D eigenvalue weighted by molar-refractivity contribution is -0.132. The lowest BCUT2D eigenvalue weighted by Crippen LogP contribution is -2.43. The van der Waals surface area contributed by atoms with Crippen molar-refractivity contribution in [1.29, 1.82) is 0 Å². The van der Waals surface area contributed by atoms with E-state index in [4.69, 9.17) is 4.74 Å². The Kier molecular flexibility index (Phi) is 5.63. The Morgan fingerprint density at radius 3 is 2.61 bits per heavy atom. The van der Waals surface area contributed by atoms with Crippen LogP contribution in [0.4, 0.5) is 4.79 Å². The molecule has 3 heterocycles. The normalized spacial score (nSPS) is 17.5. The number of hydrogen-bond donors (Lipinski definition) is 1. The number of benzene rings is 1. The number of carbonyl (C=O) groups excluding carboxylic acids is 2. The number of amides is 2. The van der Waals surface area contributed by atoms with Crippen LogP contribution in [0.2, 0.25) is 0 Å². The number of ether oxygens (including phenoxy) is 1. The highest BCUT2D eigenvalue weighted by atomic mass is 16.6. The Balaban J connectivity index is 1.53. The van der Waals surface area contributed by atoms with Crippen molar-refractivity contribution in [3.63, 3.8) is 0 Å². The van der Waals surface area contributed by atoms with Crippen molar-refractivity contribution >= 4 is 17.8 Å². The zero-order valence-electron chi connectivity index (χ0n) is 18.0. The van der Waals surface area contributed by atoms with Gasteiger partial charge in [-0.3, -0.25) is 9.20 Å². The average Bonchev–Trinajstić information content (AvgIpc) is 3.40. The van der Waals surface area contributed by atoms with Crippen LogP contribution in [-0.4, -0.2) is 50.0 Å². The second kappa shape index (κ2) is 8.37. The van der Waals surface area contributed by atoms with Crippen molar-refractivity contribution in [1.82, 2.24) is 24.6 Å². The molecule has 2 atom stereocenters. The molecule has 2 aromatic heterocycles. The minimum atomic E-state index is -0.805. The molecule has 1 aliphatic rings. The average molecular weight is 422 g/mol. The maximum absolute atomic E-state index is 13.5. The number of aromatic nitrogens is 3. The molecule has 0 unspecified atom stereocenters. The van der Waals surface area contributed by atoms with E-state index in [-0.39, 0.29) is 11.8 Å². The molecule has 0 saturated carbocycles. The molecular weight excluding hydrogens is 394 g/mol. The second-order valence-electron chi connectivity index (χ2n) is 8.73. The fourth-order valence-corrected chi connectivity index (χ4v) is 3.93. The minimum Gasteiger partial charge on any atom is -0.444 e. The van der Waals surface area contributed by atoms with Crippen LogP contribution in [0, 0.1) is 0 Å². The Hall–Kier alpha value is -3.42. The molecule has 0 radical (unpaired) electrons. The van der Waals surface area contributed by atoms with Crippen LogP contribution in [0.5, 0.6) is 0 Å². The van der Waals surface area contributed by atoms with Crippen LogP contribution in [0.15, 0.2) is 55.0 Å². The number of rotatable bonds is 4. The van der Waals surface area contributed by atoms with E-state index in [9.17, 15) is 9.59 Å². The number of nitrogens with one attached hydrogen (secondary N) is 1. The van der Waals surface area contributed by atoms with Gasteiger partial charge in [0, 0.05) is 43.3 Å². The number of nitrogens with zero attached hydrogens (tertiary/aromatic N) is 4. The third-order valence-corrected chi connectivity index (χ3v) is 5.29. The molecule has 1 N–H and O–H groups in total. The highest BCUT2D eigenvalue weighted by Gasteiger charge is 2.34. The molecule has 0 spiro atoms. The van der Waals surface area contributed by atoms with Crippen molar-refractivity contribution in [2.45, 2.75) is 44.8 Å². The summed E-state index contributed by atoms with van der Waals surface area (Å²) in [6, 6.07) is 10.4. The lowest BCUT2D eigenvalue weighted by Gasteiger charge is -2.26. The second-order valence-corrected chi connectivity index (χ2v) is 8.73. The van der Waals surface area contributed by atoms with Gasteiger partial charge in [0.25, 0.3) is 0 Å². The predicted molar refractivity (Wildman–Crippen MR) is 115 cm³/mol. The van der Waals surface area contributed by atoms with E-state index in [1.54, 1.807) is 33.2 Å². The smallest absolute Gasteiger partial charge is 0.408 e. The highest BCUT2D eigenvalue weighted by molar-refractivity contribution is 5.87. The summed E-state index contributed by atoms with van der Waals surface area (Å²) in [5.41, 5.74) is 1.15. The van der Waals surface area contributed by atoms with Crippen LogP contribution < -0.4 is 5.32 Å². The molecule has 8 nitrogen and oxygen atoms in total. The molecule has 4 rings (SSSR count). The number of carbonyl (C=O) groups is 2. The van der Waals surface area contributed by atoms with Crippen molar-refractivity contribution in [3.8, 4) is 0 Å². The lowest BCUT2D eigenvalue weighted by atomic mass is 10.0. The van der Waals surface area contributed by atoms with Crippen molar-refractivity contribution in [3.05, 3.63) is 66.2 Å². The Morgan fingerprint density at radius 1 is 1.13 bits per heavy atom. The van der Waals surface area contributed by atoms with Gasteiger partial charge in [-0.1, -0.05) is 30.3 Å². The largest absolute Gasteiger partial charge is 0.444 e. The third kappa shape index (κ3) is 4.68. The van der Waals surface area contributed by atoms with E-state index < -0.39 is 17.7 Å². The van der Waals surface area contributed by atoms with Gasteiger partial charge in [0.15, 0.2) is 0 Å². The summed E-state index contributed by atoms with van der Waals surface area (Å²) in [6.07, 6.45) is 5.58. The molecule has 162 valence electrons. The van der Waals surface area contributed by atoms with Gasteiger partial charge in [-0.2, -0.15) is 0 Å². The van der Waals surface area contributed by atoms with Crippen LogP contribution in [0.3, 0.4) is 0 Å². The Labute approximate surface area is 181 Å². The quantitative estimate of drug-likeness (QED) is 0.698. The summed E-state index contributed by atoms with van der Waals surface area (Å²) < 4.78 is 7.36. The van der Waals surface area contributed by atoms with Gasteiger partial charge in [-0.15, -0.1) is 0 Å². The van der Waals surface area contributed by atoms with Gasteiger partial charge < -0.3 is 15.0 Å². The molecule has 1 aromatic carbocycles. The van der Waals surface area contributed by atoms with Crippen molar-refractivity contribution in [2.75, 3.05) is 13.1 Å². The number of fused-ring (bicyclic) bond motifs is 1. The first-order valence-corrected chi connectivity index (χ1v) is 10.4. The SMILES string of the molecule is CC(C)(C)OC(=O)N[C@H](C(=O)N1CC[C@@H](c2ccnc3nccn23)C1)c1ccccc1. The summed E-state index contributed by atoms with van der Waals surface area (Å²) >= 11 is 0. The fourth-order valence-electron chi connectivity index (χ4n) is 3.93. The summed E-state index contributed by atoms with van der Waals surface area (Å²) in [7, 11) is 0. The first-order valence-electron chi connectivity index (χ1n) is 10.4. The highest BCUT2D eigenvalue weighted by Crippen LogP contribution is 2.29. The first-order chi connectivity index (χ1) is 14.8. The van der Waals surface area contributed by atoms with Gasteiger partial charge in [0.05, 0.1) is 0 Å². The van der Waals surface area contributed by atoms with Crippen molar-refractivity contribution in [2.24, 2.45) is 0 Å². The van der Waals surface area contributed by atoms with Gasteiger partial charge in [-0.25, -0.2) is 14.8 Å². The van der Waals surface area contributed by atoms with Crippen LogP contribution in [0.1, 0.15) is 50.4 Å². The standard InChI is InChI=1S/C23H27N5O3/c1-23(2,3)31-22(30)26-19(16-7-5-4-6-8-16)20(29)27-13-10-17(15-27)18-9-11-24-21-25-12-14-28(18)21/h4-9,11-12,14,17,19H,10,13,15H2,1-3H3,(H,26,30)/t17-,19+/m1/s1. The Morgan fingerprint density at radius 2 is 1.87 bits per heavy atom. The predicted octanol–water partition coefficient (Wildman–Crippen LogP) is 3.31. The molecule has 0 aliphatic carbocycles. The summed E-state index contributed by atoms with van der Waals surface area (Å²) in [5, 5.41) is 2.77. The van der Waals surface area contributed by atoms with Crippen LogP contribution in [0.25, 0.3) is 5.78 Å². The molecule has 1 aliphatic heterocycles. The molecule has 1 saturated heterocycles. The topological polar surface area (TPSA) is 88.8 Å². The molecule has 8 heteroatoms. The zero-order chi connectivity index (χ0) is 22.0. The third-order valence-electron chi connectivity index (χ3n) is 5.29. The maximum Gasteiger partial charge on any atom is 0.408 e. The molecule has 3 aromatic rings. The van der Waals surface area contributed by atoms with E-state index in [1.807, 2.05) is 51.9 Å². The molecular formula is C23H27N5O3. The summed E-state index contributed by atoms with van der Waals surface area (Å²) in [6.45, 7) is 6.56. The zero-order valence-corrected chi connectivity index (χ0v) is 18.0. The molecule has 0 bridgehead atoms. The van der Waals surface area contributed by atoms with Crippen molar-refractivity contribution < 1.29 is 14.3 Å². The van der Waals surface area contributed by atoms with Crippen LogP contribution in [-0.2, 0) is 9.53 Å². The Bertz CT molecular complexity index is 1070. The van der Waals surface area contributed by atoms with E-state index in [0.29, 0.717) is 18.9 Å². The van der Waals surface area contributed by atoms with Gasteiger partial charge in [0.2, 0.25) is 11.7 Å². The number of imidazole rings is 1. The van der Waals surface area contributed by atoms with E-state index in [2.05, 4.69) is 15.3 Å². The summed E-state index contributed by atoms with van der Waals surface area (Å²) in [5.74, 6) is 0.674. The van der Waals surface area contributed by atoms with E-state index in [1.165, 1.54) is 0 Å². The molecule has 31 heavy (non-hydrogen) atoms. The monoisotopic (exact) mass is 421 g/mol. The van der Waals surface area contributed by atoms with Gasteiger partial charge in [-0.05, 0) is 38.8 Å².